The maximum atomic E-state index is 11.7. The van der Waals surface area contributed by atoms with Gasteiger partial charge in [-0.3, -0.25) is 19.5 Å². The molecule has 0 bridgehead atoms. The lowest BCUT2D eigenvalue weighted by Crippen LogP contribution is -2.48. The molecule has 0 aromatic heterocycles. The number of piperidine rings is 1. The molecular formula is C15H26N4O2S. The fraction of sp³-hybridized carbons (Fsp3) is 0.800. The summed E-state index contributed by atoms with van der Waals surface area (Å²) in [5.41, 5.74) is 0. The van der Waals surface area contributed by atoms with Crippen LogP contribution in [0.2, 0.25) is 0 Å². The number of rotatable bonds is 5. The molecule has 22 heavy (non-hydrogen) atoms. The first-order valence-electron chi connectivity index (χ1n) is 7.96. The number of aliphatic imine (C=N–C) groups is 1. The molecule has 1 unspecified atom stereocenters. The van der Waals surface area contributed by atoms with Crippen molar-refractivity contribution in [2.45, 2.75) is 43.8 Å². The van der Waals surface area contributed by atoms with Gasteiger partial charge in [-0.1, -0.05) is 0 Å². The largest absolute Gasteiger partial charge is 0.355 e. The van der Waals surface area contributed by atoms with E-state index in [1.54, 1.807) is 7.05 Å². The first-order valence-corrected chi connectivity index (χ1v) is 8.94. The Morgan fingerprint density at radius 1 is 1.27 bits per heavy atom. The van der Waals surface area contributed by atoms with Gasteiger partial charge in [0.05, 0.1) is 0 Å². The van der Waals surface area contributed by atoms with Crippen LogP contribution in [0.3, 0.4) is 0 Å². The van der Waals surface area contributed by atoms with E-state index in [9.17, 15) is 9.59 Å². The summed E-state index contributed by atoms with van der Waals surface area (Å²) in [5, 5.41) is 6.52. The molecule has 7 heteroatoms. The molecule has 0 aromatic rings. The second-order valence-electron chi connectivity index (χ2n) is 6.05. The molecule has 2 N–H and O–H groups in total. The summed E-state index contributed by atoms with van der Waals surface area (Å²) in [6, 6.07) is 0. The maximum Gasteiger partial charge on any atom is 0.229 e. The minimum atomic E-state index is -0.0594. The van der Waals surface area contributed by atoms with E-state index in [0.717, 1.165) is 12.5 Å². The van der Waals surface area contributed by atoms with Crippen molar-refractivity contribution in [3.8, 4) is 0 Å². The fourth-order valence-corrected chi connectivity index (χ4v) is 4.05. The summed E-state index contributed by atoms with van der Waals surface area (Å²) in [7, 11) is 1.73. The predicted molar refractivity (Wildman–Crippen MR) is 90.0 cm³/mol. The van der Waals surface area contributed by atoms with Gasteiger partial charge in [0.1, 0.15) is 0 Å². The Bertz CT molecular complexity index is 431. The molecule has 2 amide bonds. The lowest BCUT2D eigenvalue weighted by molar-refractivity contribution is -0.147. The van der Waals surface area contributed by atoms with E-state index < -0.39 is 0 Å². The average Bonchev–Trinajstić information content (AvgIpc) is 2.92. The molecule has 124 valence electrons. The third-order valence-electron chi connectivity index (χ3n) is 4.17. The van der Waals surface area contributed by atoms with Crippen LogP contribution in [0, 0.1) is 0 Å². The van der Waals surface area contributed by atoms with Gasteiger partial charge in [-0.25, -0.2) is 0 Å². The van der Waals surface area contributed by atoms with Crippen LogP contribution in [-0.4, -0.2) is 59.9 Å². The Balaban J connectivity index is 1.72. The van der Waals surface area contributed by atoms with Crippen LogP contribution in [0.1, 0.15) is 39.0 Å². The molecule has 1 atom stereocenters. The zero-order valence-corrected chi connectivity index (χ0v) is 14.3. The highest BCUT2D eigenvalue weighted by atomic mass is 32.2. The number of carbonyl (C=O) groups excluding carboxylic acids is 2. The molecule has 2 aliphatic heterocycles. The van der Waals surface area contributed by atoms with Gasteiger partial charge in [-0.05, 0) is 31.9 Å². The molecule has 2 saturated heterocycles. The van der Waals surface area contributed by atoms with Gasteiger partial charge in [-0.2, -0.15) is 11.8 Å². The smallest absolute Gasteiger partial charge is 0.229 e. The van der Waals surface area contributed by atoms with E-state index in [4.69, 9.17) is 0 Å². The van der Waals surface area contributed by atoms with Crippen LogP contribution in [0.15, 0.2) is 4.99 Å². The lowest BCUT2D eigenvalue weighted by atomic mass is 10.1. The first kappa shape index (κ1) is 17.1. The van der Waals surface area contributed by atoms with Crippen molar-refractivity contribution in [1.29, 1.82) is 0 Å². The molecule has 0 spiro atoms. The highest BCUT2D eigenvalue weighted by Crippen LogP contribution is 2.36. The number of hydrogen-bond donors (Lipinski definition) is 2. The molecule has 2 rings (SSSR count). The van der Waals surface area contributed by atoms with Crippen LogP contribution < -0.4 is 10.6 Å². The standard InChI is InChI=1S/C15H26N4O2S/c1-15(7-4-10-22-15)11-18-14(16-2)17-8-9-19-12(20)5-3-6-13(19)21/h3-11H2,1-2H3,(H2,16,17,18). The van der Waals surface area contributed by atoms with Gasteiger partial charge in [-0.15, -0.1) is 0 Å². The molecule has 0 aliphatic carbocycles. The minimum absolute atomic E-state index is 0.0594. The van der Waals surface area contributed by atoms with Crippen molar-refractivity contribution in [1.82, 2.24) is 15.5 Å². The summed E-state index contributed by atoms with van der Waals surface area (Å²) >= 11 is 2.00. The Hall–Kier alpha value is -1.24. The van der Waals surface area contributed by atoms with Crippen LogP contribution >= 0.6 is 11.8 Å². The molecule has 0 aromatic carbocycles. The van der Waals surface area contributed by atoms with Crippen LogP contribution in [0.25, 0.3) is 0 Å². The molecule has 2 fully saturated rings. The number of thioether (sulfide) groups is 1. The lowest BCUT2D eigenvalue weighted by Gasteiger charge is -2.26. The van der Waals surface area contributed by atoms with Crippen LogP contribution in [-0.2, 0) is 9.59 Å². The van der Waals surface area contributed by atoms with Gasteiger partial charge in [0.15, 0.2) is 5.96 Å². The van der Waals surface area contributed by atoms with E-state index in [2.05, 4.69) is 22.5 Å². The molecule has 2 aliphatic rings. The average molecular weight is 326 g/mol. The van der Waals surface area contributed by atoms with Crippen molar-refractivity contribution in [3.63, 3.8) is 0 Å². The normalized spacial score (nSPS) is 26.5. The van der Waals surface area contributed by atoms with E-state index in [0.29, 0.717) is 32.4 Å². The molecule has 2 heterocycles. The number of guanidine groups is 1. The third-order valence-corrected chi connectivity index (χ3v) is 5.70. The number of imide groups is 1. The SMILES string of the molecule is CN=C(NCCN1C(=O)CCCC1=O)NCC1(C)CCCS1. The van der Waals surface area contributed by atoms with E-state index in [1.807, 2.05) is 11.8 Å². The Morgan fingerprint density at radius 3 is 2.59 bits per heavy atom. The van der Waals surface area contributed by atoms with Crippen molar-refractivity contribution in [2.75, 3.05) is 32.4 Å². The number of hydrogen-bond acceptors (Lipinski definition) is 4. The number of carbonyl (C=O) groups is 2. The number of likely N-dealkylation sites (tertiary alicyclic amines) is 1. The second-order valence-corrected chi connectivity index (χ2v) is 7.73. The highest BCUT2D eigenvalue weighted by Gasteiger charge is 2.29. The van der Waals surface area contributed by atoms with E-state index >= 15 is 0 Å². The fourth-order valence-electron chi connectivity index (χ4n) is 2.80. The van der Waals surface area contributed by atoms with Crippen molar-refractivity contribution < 1.29 is 9.59 Å². The predicted octanol–water partition coefficient (Wildman–Crippen LogP) is 0.976. The highest BCUT2D eigenvalue weighted by molar-refractivity contribution is 8.00. The van der Waals surface area contributed by atoms with Crippen LogP contribution in [0.4, 0.5) is 0 Å². The van der Waals surface area contributed by atoms with Gasteiger partial charge >= 0.3 is 0 Å². The van der Waals surface area contributed by atoms with Crippen molar-refractivity contribution in [2.24, 2.45) is 4.99 Å². The quantitative estimate of drug-likeness (QED) is 0.447. The Kier molecular flexibility index (Phi) is 6.11. The molecule has 0 radical (unpaired) electrons. The number of nitrogens with zero attached hydrogens (tertiary/aromatic N) is 2. The Labute approximate surface area is 136 Å². The first-order chi connectivity index (χ1) is 10.5. The zero-order chi connectivity index (χ0) is 16.0. The monoisotopic (exact) mass is 326 g/mol. The Morgan fingerprint density at radius 2 is 2.00 bits per heavy atom. The maximum absolute atomic E-state index is 11.7. The topological polar surface area (TPSA) is 73.8 Å². The van der Waals surface area contributed by atoms with Crippen LogP contribution in [0.5, 0.6) is 0 Å². The number of amides is 2. The summed E-state index contributed by atoms with van der Waals surface area (Å²) in [6.45, 7) is 4.08. The molecular weight excluding hydrogens is 300 g/mol. The zero-order valence-electron chi connectivity index (χ0n) is 13.5. The van der Waals surface area contributed by atoms with Gasteiger partial charge in [0.25, 0.3) is 0 Å². The van der Waals surface area contributed by atoms with E-state index in [-0.39, 0.29) is 16.6 Å². The van der Waals surface area contributed by atoms with Gasteiger partial charge in [0.2, 0.25) is 11.8 Å². The number of nitrogens with one attached hydrogen (secondary N) is 2. The van der Waals surface area contributed by atoms with Crippen molar-refractivity contribution in [3.05, 3.63) is 0 Å². The second kappa shape index (κ2) is 7.85. The molecule has 0 saturated carbocycles. The summed E-state index contributed by atoms with van der Waals surface area (Å²) < 4.78 is 0.274. The minimum Gasteiger partial charge on any atom is -0.355 e. The third kappa shape index (κ3) is 4.63. The summed E-state index contributed by atoms with van der Waals surface area (Å²) in [5.74, 6) is 1.83. The van der Waals surface area contributed by atoms with Gasteiger partial charge in [0, 0.05) is 44.3 Å². The van der Waals surface area contributed by atoms with Gasteiger partial charge < -0.3 is 10.6 Å². The van der Waals surface area contributed by atoms with Crippen molar-refractivity contribution >= 4 is 29.5 Å². The molecule has 6 nitrogen and oxygen atoms in total. The summed E-state index contributed by atoms with van der Waals surface area (Å²) in [6.07, 6.45) is 4.14. The summed E-state index contributed by atoms with van der Waals surface area (Å²) in [4.78, 5) is 29.0. The van der Waals surface area contributed by atoms with E-state index in [1.165, 1.54) is 23.5 Å².